The molecule has 2 fully saturated rings. The molecule has 3 atom stereocenters. The van der Waals surface area contributed by atoms with E-state index in [1.165, 1.54) is 12.4 Å². The van der Waals surface area contributed by atoms with Gasteiger partial charge in [-0.1, -0.05) is 6.58 Å². The average Bonchev–Trinajstić information content (AvgIpc) is 3.54. The van der Waals surface area contributed by atoms with Gasteiger partial charge in [-0.3, -0.25) is 4.79 Å². The van der Waals surface area contributed by atoms with Gasteiger partial charge in [0.1, 0.15) is 29.7 Å². The number of aromatic nitrogens is 6. The van der Waals surface area contributed by atoms with Gasteiger partial charge in [0.2, 0.25) is 5.91 Å². The Morgan fingerprint density at radius 2 is 1.90 bits per heavy atom. The number of fused-ring (bicyclic) bond motifs is 4. The van der Waals surface area contributed by atoms with Gasteiger partial charge < -0.3 is 15.0 Å². The number of pyridine rings is 2. The van der Waals surface area contributed by atoms with Crippen molar-refractivity contribution in [3.05, 3.63) is 85.2 Å². The van der Waals surface area contributed by atoms with Crippen molar-refractivity contribution < 1.29 is 9.53 Å². The fourth-order valence-electron chi connectivity index (χ4n) is 6.21. The molecule has 0 spiro atoms. The molecule has 5 aromatic rings. The Hall–Kier alpha value is -4.86. The van der Waals surface area contributed by atoms with Gasteiger partial charge >= 0.3 is 0 Å². The van der Waals surface area contributed by atoms with Crippen LogP contribution in [0.5, 0.6) is 11.5 Å². The molecule has 10 nitrogen and oxygen atoms in total. The van der Waals surface area contributed by atoms with Gasteiger partial charge in [0.25, 0.3) is 0 Å². The first-order valence-corrected chi connectivity index (χ1v) is 13.4. The molecule has 5 heterocycles. The van der Waals surface area contributed by atoms with Crippen molar-refractivity contribution in [3.8, 4) is 11.5 Å². The number of carbonyl (C=O) groups is 1. The molecule has 2 bridgehead atoms. The Kier molecular flexibility index (Phi) is 5.87. The van der Waals surface area contributed by atoms with E-state index in [1.807, 2.05) is 54.4 Å². The summed E-state index contributed by atoms with van der Waals surface area (Å²) in [5.41, 5.74) is 5.14. The van der Waals surface area contributed by atoms with Crippen molar-refractivity contribution in [2.24, 2.45) is 11.8 Å². The Morgan fingerprint density at radius 1 is 1.05 bits per heavy atom. The van der Waals surface area contributed by atoms with Crippen LogP contribution in [0.2, 0.25) is 0 Å². The van der Waals surface area contributed by atoms with Crippen LogP contribution in [0, 0.1) is 18.8 Å². The summed E-state index contributed by atoms with van der Waals surface area (Å²) < 4.78 is 7.81. The van der Waals surface area contributed by atoms with E-state index in [0.29, 0.717) is 29.3 Å². The molecule has 1 aliphatic heterocycles. The fraction of sp³-hybridized carbons (Fsp3) is 0.267. The topological polar surface area (TPSA) is 110 Å². The molecule has 200 valence electrons. The number of nitrogens with one attached hydrogen (secondary N) is 1. The molecular weight excluding hydrogens is 504 g/mol. The lowest BCUT2D eigenvalue weighted by Gasteiger charge is -2.37. The van der Waals surface area contributed by atoms with Crippen LogP contribution in [0.4, 0.5) is 11.5 Å². The van der Waals surface area contributed by atoms with Crippen LogP contribution in [0.15, 0.2) is 74.0 Å². The molecule has 4 aromatic heterocycles. The van der Waals surface area contributed by atoms with E-state index in [2.05, 4.69) is 38.0 Å². The number of likely N-dealkylation sites (tertiary alicyclic amines) is 1. The summed E-state index contributed by atoms with van der Waals surface area (Å²) in [5, 5.41) is 7.56. The lowest BCUT2D eigenvalue weighted by atomic mass is 9.82. The monoisotopic (exact) mass is 532 g/mol. The van der Waals surface area contributed by atoms with Gasteiger partial charge in [-0.25, -0.2) is 24.5 Å². The van der Waals surface area contributed by atoms with E-state index in [4.69, 9.17) is 9.72 Å². The Balaban J connectivity index is 1.13. The summed E-state index contributed by atoms with van der Waals surface area (Å²) in [6.07, 6.45) is 8.51. The van der Waals surface area contributed by atoms with E-state index in [0.717, 1.165) is 65.3 Å². The predicted octanol–water partition coefficient (Wildman–Crippen LogP) is 5.05. The third-order valence-electron chi connectivity index (χ3n) is 8.08. The van der Waals surface area contributed by atoms with Gasteiger partial charge in [-0.2, -0.15) is 5.10 Å². The van der Waals surface area contributed by atoms with Crippen LogP contribution in [-0.4, -0.2) is 53.4 Å². The number of ether oxygens (including phenoxy) is 1. The number of aryl methyl sites for hydroxylation is 1. The van der Waals surface area contributed by atoms with E-state index < -0.39 is 0 Å². The Labute approximate surface area is 230 Å². The number of piperidine rings is 1. The zero-order chi connectivity index (χ0) is 27.2. The highest BCUT2D eigenvalue weighted by atomic mass is 16.5. The number of carbonyl (C=O) groups excluding carboxylic acids is 1. The molecule has 10 heteroatoms. The number of hydrogen-bond acceptors (Lipinski definition) is 8. The van der Waals surface area contributed by atoms with Gasteiger partial charge in [0.05, 0.1) is 5.52 Å². The standard InChI is InChI=1S/C30H28N8O2/c1-3-27(39)37-14-19-4-5-20(15-37)28(19)23-7-8-24-29(36-23)30(33-16-31-24)35-21-6-9-25(18(2)12-21)40-22-10-11-38-26(13-22)32-17-34-38/h3,6-13,16-17,19-20,28H,1,4-5,14-15H2,2H3,(H,31,33,35)/t19-,20+,28?. The smallest absolute Gasteiger partial charge is 0.245 e. The van der Waals surface area contributed by atoms with Crippen LogP contribution in [0.1, 0.15) is 30.0 Å². The van der Waals surface area contributed by atoms with Crippen molar-refractivity contribution in [2.75, 3.05) is 18.4 Å². The van der Waals surface area contributed by atoms with Crippen molar-refractivity contribution in [3.63, 3.8) is 0 Å². The fourth-order valence-corrected chi connectivity index (χ4v) is 6.21. The molecule has 40 heavy (non-hydrogen) atoms. The van der Waals surface area contributed by atoms with Crippen LogP contribution in [-0.2, 0) is 4.79 Å². The normalized spacial score (nSPS) is 20.1. The largest absolute Gasteiger partial charge is 0.457 e. The zero-order valence-corrected chi connectivity index (χ0v) is 22.1. The maximum absolute atomic E-state index is 12.2. The molecule has 0 radical (unpaired) electrons. The molecule has 1 aliphatic carbocycles. The minimum atomic E-state index is 0.0183. The number of rotatable bonds is 6. The van der Waals surface area contributed by atoms with Crippen molar-refractivity contribution >= 4 is 34.1 Å². The third-order valence-corrected chi connectivity index (χ3v) is 8.08. The lowest BCUT2D eigenvalue weighted by Crippen LogP contribution is -2.43. The van der Waals surface area contributed by atoms with Gasteiger partial charge in [0, 0.05) is 42.7 Å². The molecule has 1 amide bonds. The Morgan fingerprint density at radius 3 is 2.70 bits per heavy atom. The van der Waals surface area contributed by atoms with Crippen molar-refractivity contribution in [1.29, 1.82) is 0 Å². The second kappa shape index (κ2) is 9.71. The number of amides is 1. The first-order chi connectivity index (χ1) is 19.6. The molecule has 1 saturated heterocycles. The molecule has 1 N–H and O–H groups in total. The molecule has 1 aromatic carbocycles. The number of nitrogens with zero attached hydrogens (tertiary/aromatic N) is 7. The van der Waals surface area contributed by atoms with Crippen LogP contribution >= 0.6 is 0 Å². The first-order valence-electron chi connectivity index (χ1n) is 13.4. The zero-order valence-electron chi connectivity index (χ0n) is 22.1. The maximum Gasteiger partial charge on any atom is 0.245 e. The highest BCUT2D eigenvalue weighted by molar-refractivity contribution is 5.88. The first kappa shape index (κ1) is 24.2. The number of hydrogen-bond donors (Lipinski definition) is 1. The summed E-state index contributed by atoms with van der Waals surface area (Å²) in [4.78, 5) is 32.5. The summed E-state index contributed by atoms with van der Waals surface area (Å²) in [5.74, 6) is 3.23. The second-order valence-corrected chi connectivity index (χ2v) is 10.5. The van der Waals surface area contributed by atoms with Gasteiger partial charge in [0.15, 0.2) is 11.5 Å². The van der Waals surface area contributed by atoms with E-state index in [-0.39, 0.29) is 5.91 Å². The Bertz CT molecular complexity index is 1750. The van der Waals surface area contributed by atoms with E-state index >= 15 is 0 Å². The third kappa shape index (κ3) is 4.31. The molecular formula is C30H28N8O2. The minimum Gasteiger partial charge on any atom is -0.457 e. The summed E-state index contributed by atoms with van der Waals surface area (Å²) in [7, 11) is 0. The molecule has 2 aliphatic rings. The highest BCUT2D eigenvalue weighted by Gasteiger charge is 2.44. The van der Waals surface area contributed by atoms with Gasteiger partial charge in [-0.05, 0) is 79.6 Å². The average molecular weight is 533 g/mol. The molecule has 7 rings (SSSR count). The maximum atomic E-state index is 12.2. The molecule has 1 saturated carbocycles. The predicted molar refractivity (Wildman–Crippen MR) is 151 cm³/mol. The van der Waals surface area contributed by atoms with Crippen LogP contribution < -0.4 is 10.1 Å². The summed E-state index contributed by atoms with van der Waals surface area (Å²) >= 11 is 0. The summed E-state index contributed by atoms with van der Waals surface area (Å²) in [6, 6.07) is 13.7. The number of benzene rings is 1. The lowest BCUT2D eigenvalue weighted by molar-refractivity contribution is -0.128. The van der Waals surface area contributed by atoms with Crippen molar-refractivity contribution in [2.45, 2.75) is 25.7 Å². The second-order valence-electron chi connectivity index (χ2n) is 10.5. The van der Waals surface area contributed by atoms with E-state index in [1.54, 1.807) is 10.8 Å². The molecule has 1 unspecified atom stereocenters. The number of anilines is 2. The van der Waals surface area contributed by atoms with Crippen molar-refractivity contribution in [1.82, 2.24) is 34.4 Å². The highest BCUT2D eigenvalue weighted by Crippen LogP contribution is 2.47. The van der Waals surface area contributed by atoms with Gasteiger partial charge in [-0.15, -0.1) is 0 Å². The van der Waals surface area contributed by atoms with Crippen LogP contribution in [0.3, 0.4) is 0 Å². The summed E-state index contributed by atoms with van der Waals surface area (Å²) in [6.45, 7) is 7.17. The van der Waals surface area contributed by atoms with E-state index in [9.17, 15) is 4.79 Å². The minimum absolute atomic E-state index is 0.0183. The van der Waals surface area contributed by atoms with Crippen LogP contribution in [0.25, 0.3) is 16.7 Å². The SMILES string of the molecule is C=CC(=O)N1C[C@H]2CC[C@@H](C1)C2c1ccc2ncnc(Nc3ccc(Oc4ccn5ncnc5c4)c(C)c3)c2n1. The quantitative estimate of drug-likeness (QED) is 0.303.